The number of halogens is 1. The highest BCUT2D eigenvalue weighted by Gasteiger charge is 2.48. The Morgan fingerprint density at radius 1 is 1.33 bits per heavy atom. The van der Waals surface area contributed by atoms with Crippen molar-refractivity contribution in [1.29, 1.82) is 0 Å². The van der Waals surface area contributed by atoms with Gasteiger partial charge in [0.25, 0.3) is 0 Å². The van der Waals surface area contributed by atoms with Crippen molar-refractivity contribution < 1.29 is 13.9 Å². The van der Waals surface area contributed by atoms with Gasteiger partial charge in [0.1, 0.15) is 11.6 Å². The molecule has 2 aromatic carbocycles. The molecule has 3 aromatic rings. The van der Waals surface area contributed by atoms with E-state index in [1.54, 1.807) is 13.2 Å². The molecule has 4 nitrogen and oxygen atoms in total. The first-order chi connectivity index (χ1) is 14.6. The van der Waals surface area contributed by atoms with Crippen molar-refractivity contribution in [2.75, 3.05) is 20.2 Å². The van der Waals surface area contributed by atoms with Crippen LogP contribution in [0.3, 0.4) is 0 Å². The summed E-state index contributed by atoms with van der Waals surface area (Å²) in [5.41, 5.74) is 3.97. The second kappa shape index (κ2) is 7.01. The zero-order chi connectivity index (χ0) is 20.9. The standard InChI is InChI=1S/C25H25FN2O2/c1-3-23(29)28-11-10-25(16-6-4-7-18(12-16)30-2)14-22-20(13-17(25)15-28)19-8-5-9-21(26)24(19)27-22/h3-9,12,17,27H,1,10-11,13-15H2,2H3/t17?,25-/m1/s1. The summed E-state index contributed by atoms with van der Waals surface area (Å²) >= 11 is 0. The number of aromatic nitrogens is 1. The average molecular weight is 404 g/mol. The van der Waals surface area contributed by atoms with Crippen LogP contribution in [0.2, 0.25) is 0 Å². The summed E-state index contributed by atoms with van der Waals surface area (Å²) in [5.74, 6) is 0.824. The Morgan fingerprint density at radius 2 is 2.17 bits per heavy atom. The van der Waals surface area contributed by atoms with Gasteiger partial charge in [0.15, 0.2) is 0 Å². The van der Waals surface area contributed by atoms with E-state index in [0.29, 0.717) is 18.6 Å². The Balaban J connectivity index is 1.65. The van der Waals surface area contributed by atoms with Gasteiger partial charge in [-0.05, 0) is 60.6 Å². The highest BCUT2D eigenvalue weighted by molar-refractivity contribution is 5.87. The Bertz CT molecular complexity index is 1150. The van der Waals surface area contributed by atoms with Crippen LogP contribution >= 0.6 is 0 Å². The molecule has 0 bridgehead atoms. The Morgan fingerprint density at radius 3 is 2.97 bits per heavy atom. The number of rotatable bonds is 3. The van der Waals surface area contributed by atoms with Crippen LogP contribution in [-0.2, 0) is 23.1 Å². The van der Waals surface area contributed by atoms with Crippen molar-refractivity contribution in [3.8, 4) is 5.75 Å². The highest BCUT2D eigenvalue weighted by atomic mass is 19.1. The molecule has 0 radical (unpaired) electrons. The summed E-state index contributed by atoms with van der Waals surface area (Å²) in [7, 11) is 1.68. The van der Waals surface area contributed by atoms with Gasteiger partial charge in [-0.25, -0.2) is 4.39 Å². The van der Waals surface area contributed by atoms with E-state index in [1.165, 1.54) is 23.3 Å². The number of carbonyl (C=O) groups is 1. The van der Waals surface area contributed by atoms with E-state index in [0.717, 1.165) is 36.1 Å². The average Bonchev–Trinajstić information content (AvgIpc) is 3.15. The predicted molar refractivity (Wildman–Crippen MR) is 115 cm³/mol. The number of fused-ring (bicyclic) bond motifs is 4. The van der Waals surface area contributed by atoms with E-state index in [9.17, 15) is 9.18 Å². The number of ether oxygens (including phenoxy) is 1. The number of methoxy groups -OCH3 is 1. The summed E-state index contributed by atoms with van der Waals surface area (Å²) in [6, 6.07) is 13.5. The number of nitrogens with one attached hydrogen (secondary N) is 1. The largest absolute Gasteiger partial charge is 0.497 e. The summed E-state index contributed by atoms with van der Waals surface area (Å²) < 4.78 is 20.0. The fourth-order valence-corrected chi connectivity index (χ4v) is 5.54. The molecule has 2 aliphatic rings. The minimum absolute atomic E-state index is 0.0231. The third kappa shape index (κ3) is 2.76. The van der Waals surface area contributed by atoms with Gasteiger partial charge in [-0.1, -0.05) is 30.8 Å². The number of benzene rings is 2. The van der Waals surface area contributed by atoms with E-state index in [2.05, 4.69) is 23.7 Å². The van der Waals surface area contributed by atoms with Gasteiger partial charge < -0.3 is 14.6 Å². The van der Waals surface area contributed by atoms with Crippen molar-refractivity contribution in [2.24, 2.45) is 5.92 Å². The van der Waals surface area contributed by atoms with E-state index in [1.807, 2.05) is 23.1 Å². The summed E-state index contributed by atoms with van der Waals surface area (Å²) in [6.45, 7) is 5.02. The Kier molecular flexibility index (Phi) is 4.42. The minimum atomic E-state index is -0.219. The number of nitrogens with zero attached hydrogens (tertiary/aromatic N) is 1. The molecule has 1 N–H and O–H groups in total. The fourth-order valence-electron chi connectivity index (χ4n) is 5.54. The molecule has 1 aromatic heterocycles. The van der Waals surface area contributed by atoms with Crippen molar-refractivity contribution in [1.82, 2.24) is 9.88 Å². The Labute approximate surface area is 175 Å². The normalized spacial score (nSPS) is 23.0. The van der Waals surface area contributed by atoms with Crippen LogP contribution in [0.4, 0.5) is 4.39 Å². The third-order valence-electron chi connectivity index (χ3n) is 7.10. The van der Waals surface area contributed by atoms with E-state index < -0.39 is 0 Å². The molecule has 1 fully saturated rings. The lowest BCUT2D eigenvalue weighted by atomic mass is 9.58. The van der Waals surface area contributed by atoms with Gasteiger partial charge in [-0.15, -0.1) is 0 Å². The third-order valence-corrected chi connectivity index (χ3v) is 7.10. The number of hydrogen-bond acceptors (Lipinski definition) is 2. The molecule has 5 heteroatoms. The van der Waals surface area contributed by atoms with Crippen LogP contribution in [0.15, 0.2) is 55.1 Å². The van der Waals surface area contributed by atoms with Gasteiger partial charge in [0, 0.05) is 29.6 Å². The lowest BCUT2D eigenvalue weighted by Crippen LogP contribution is -2.54. The van der Waals surface area contributed by atoms with Crippen LogP contribution < -0.4 is 4.74 Å². The van der Waals surface area contributed by atoms with Gasteiger partial charge >= 0.3 is 0 Å². The maximum atomic E-state index is 14.5. The molecule has 0 spiro atoms. The number of amides is 1. The molecule has 2 heterocycles. The van der Waals surface area contributed by atoms with Crippen molar-refractivity contribution >= 4 is 16.8 Å². The second-order valence-electron chi connectivity index (χ2n) is 8.45. The molecule has 2 atom stereocenters. The van der Waals surface area contributed by atoms with Crippen molar-refractivity contribution in [2.45, 2.75) is 24.7 Å². The van der Waals surface area contributed by atoms with Crippen LogP contribution in [0.5, 0.6) is 5.75 Å². The number of hydrogen-bond donors (Lipinski definition) is 1. The number of para-hydroxylation sites is 1. The number of carbonyl (C=O) groups excluding carboxylic acids is 1. The van der Waals surface area contributed by atoms with Gasteiger partial charge in [0.05, 0.1) is 12.6 Å². The first-order valence-electron chi connectivity index (χ1n) is 10.4. The predicted octanol–water partition coefficient (Wildman–Crippen LogP) is 4.39. The monoisotopic (exact) mass is 404 g/mol. The lowest BCUT2D eigenvalue weighted by Gasteiger charge is -2.51. The minimum Gasteiger partial charge on any atom is -0.497 e. The van der Waals surface area contributed by atoms with Crippen molar-refractivity contribution in [3.05, 3.63) is 77.8 Å². The highest BCUT2D eigenvalue weighted by Crippen LogP contribution is 2.49. The lowest BCUT2D eigenvalue weighted by molar-refractivity contribution is -0.129. The first kappa shape index (κ1) is 18.9. The van der Waals surface area contributed by atoms with Crippen molar-refractivity contribution in [3.63, 3.8) is 0 Å². The number of aromatic amines is 1. The first-order valence-corrected chi connectivity index (χ1v) is 10.4. The van der Waals surface area contributed by atoms with Gasteiger partial charge in [0.2, 0.25) is 5.91 Å². The summed E-state index contributed by atoms with van der Waals surface area (Å²) in [6.07, 6.45) is 3.84. The van der Waals surface area contributed by atoms with Crippen LogP contribution in [0, 0.1) is 11.7 Å². The molecule has 5 rings (SSSR count). The zero-order valence-corrected chi connectivity index (χ0v) is 17.1. The second-order valence-corrected chi connectivity index (χ2v) is 8.45. The van der Waals surface area contributed by atoms with Gasteiger partial charge in [-0.3, -0.25) is 4.79 Å². The maximum Gasteiger partial charge on any atom is 0.245 e. The summed E-state index contributed by atoms with van der Waals surface area (Å²) in [5, 5.41) is 0.955. The number of H-pyrrole nitrogens is 1. The topological polar surface area (TPSA) is 45.3 Å². The number of likely N-dealkylation sites (tertiary alicyclic amines) is 1. The molecule has 1 saturated heterocycles. The zero-order valence-electron chi connectivity index (χ0n) is 17.1. The van der Waals surface area contributed by atoms with Crippen LogP contribution in [-0.4, -0.2) is 36.0 Å². The molecular formula is C25H25FN2O2. The van der Waals surface area contributed by atoms with Crippen LogP contribution in [0.1, 0.15) is 23.2 Å². The molecule has 0 saturated carbocycles. The summed E-state index contributed by atoms with van der Waals surface area (Å²) in [4.78, 5) is 17.6. The number of piperidine rings is 1. The molecule has 1 aliphatic heterocycles. The van der Waals surface area contributed by atoms with E-state index in [4.69, 9.17) is 4.74 Å². The van der Waals surface area contributed by atoms with Gasteiger partial charge in [-0.2, -0.15) is 0 Å². The molecule has 1 aliphatic carbocycles. The molecule has 1 unspecified atom stereocenters. The molecular weight excluding hydrogens is 379 g/mol. The molecule has 1 amide bonds. The Hall–Kier alpha value is -3.08. The maximum absolute atomic E-state index is 14.5. The fraction of sp³-hybridized carbons (Fsp3) is 0.320. The van der Waals surface area contributed by atoms with E-state index in [-0.39, 0.29) is 23.1 Å². The quantitative estimate of drug-likeness (QED) is 0.658. The smallest absolute Gasteiger partial charge is 0.245 e. The molecule has 30 heavy (non-hydrogen) atoms. The SMILES string of the molecule is C=CC(=O)N1CC[C@]2(c3cccc(OC)c3)Cc3[nH]c4c(F)cccc4c3CC2C1. The molecule has 154 valence electrons. The van der Waals surface area contributed by atoms with Crippen LogP contribution in [0.25, 0.3) is 10.9 Å². The van der Waals surface area contributed by atoms with E-state index >= 15 is 0 Å².